The first-order valence-electron chi connectivity index (χ1n) is 7.56. The maximum atomic E-state index is 12.2. The molecule has 0 aromatic heterocycles. The first kappa shape index (κ1) is 17.0. The van der Waals surface area contributed by atoms with Gasteiger partial charge in [0.1, 0.15) is 0 Å². The van der Waals surface area contributed by atoms with Gasteiger partial charge in [-0.3, -0.25) is 14.5 Å². The third kappa shape index (κ3) is 5.12. The minimum Gasteiger partial charge on any atom is -0.469 e. The minimum absolute atomic E-state index is 0.0514. The zero-order valence-electron chi connectivity index (χ0n) is 13.1. The van der Waals surface area contributed by atoms with Gasteiger partial charge in [-0.25, -0.2) is 0 Å². The molecule has 1 amide bonds. The van der Waals surface area contributed by atoms with Gasteiger partial charge in [-0.15, -0.1) is 0 Å². The zero-order valence-corrected chi connectivity index (χ0v) is 13.1. The Morgan fingerprint density at radius 1 is 1.30 bits per heavy atom. The second-order valence-corrected chi connectivity index (χ2v) is 5.98. The van der Waals surface area contributed by atoms with E-state index in [1.54, 1.807) is 0 Å². The van der Waals surface area contributed by atoms with Crippen molar-refractivity contribution in [3.8, 4) is 0 Å². The lowest BCUT2D eigenvalue weighted by atomic mass is 9.97. The summed E-state index contributed by atoms with van der Waals surface area (Å²) in [6.07, 6.45) is 3.52. The van der Waals surface area contributed by atoms with Crippen LogP contribution in [0.2, 0.25) is 0 Å². The smallest absolute Gasteiger partial charge is 0.307 e. The summed E-state index contributed by atoms with van der Waals surface area (Å²) in [5.74, 6) is 0.297. The molecular formula is C15H28N2O3. The van der Waals surface area contributed by atoms with Crippen molar-refractivity contribution in [2.75, 3.05) is 20.2 Å². The Morgan fingerprint density at radius 2 is 2.00 bits per heavy atom. The molecule has 0 spiro atoms. The molecular weight excluding hydrogens is 256 g/mol. The molecule has 1 aliphatic rings. The molecule has 1 aliphatic heterocycles. The predicted octanol–water partition coefficient (Wildman–Crippen LogP) is 1.56. The summed E-state index contributed by atoms with van der Waals surface area (Å²) in [6, 6.07) is -0.0697. The summed E-state index contributed by atoms with van der Waals surface area (Å²) in [6.45, 7) is 7.64. The van der Waals surface area contributed by atoms with Crippen molar-refractivity contribution in [3.05, 3.63) is 0 Å². The van der Waals surface area contributed by atoms with Gasteiger partial charge in [0.15, 0.2) is 0 Å². The number of carbonyl (C=O) groups is 2. The number of likely N-dealkylation sites (tertiary alicyclic amines) is 1. The fourth-order valence-electron chi connectivity index (χ4n) is 2.63. The number of nitrogens with one attached hydrogen (secondary N) is 1. The Balaban J connectivity index is 2.59. The molecule has 1 fully saturated rings. The Kier molecular flexibility index (Phi) is 6.99. The Hall–Kier alpha value is -1.10. The number of carbonyl (C=O) groups excluding carboxylic acids is 2. The van der Waals surface area contributed by atoms with Crippen LogP contribution < -0.4 is 5.32 Å². The third-order valence-electron chi connectivity index (χ3n) is 3.86. The summed E-state index contributed by atoms with van der Waals surface area (Å²) in [4.78, 5) is 25.8. The molecule has 0 bridgehead atoms. The number of nitrogens with zero attached hydrogens (tertiary/aromatic N) is 1. The lowest BCUT2D eigenvalue weighted by Crippen LogP contribution is -2.52. The molecule has 2 atom stereocenters. The number of piperidine rings is 1. The summed E-state index contributed by atoms with van der Waals surface area (Å²) < 4.78 is 4.75. The second kappa shape index (κ2) is 8.25. The van der Waals surface area contributed by atoms with Crippen molar-refractivity contribution >= 4 is 11.9 Å². The minimum atomic E-state index is -0.198. The highest BCUT2D eigenvalue weighted by Crippen LogP contribution is 2.22. The van der Waals surface area contributed by atoms with Crippen LogP contribution >= 0.6 is 0 Å². The van der Waals surface area contributed by atoms with Crippen LogP contribution in [0, 0.1) is 5.92 Å². The first-order valence-corrected chi connectivity index (χ1v) is 7.56. The molecule has 2 unspecified atom stereocenters. The molecule has 0 aliphatic carbocycles. The molecule has 116 valence electrons. The summed E-state index contributed by atoms with van der Waals surface area (Å²) in [7, 11) is 1.41. The summed E-state index contributed by atoms with van der Waals surface area (Å²) in [5, 5.41) is 2.97. The monoisotopic (exact) mass is 284 g/mol. The number of hydrogen-bond acceptors (Lipinski definition) is 4. The quantitative estimate of drug-likeness (QED) is 0.752. The van der Waals surface area contributed by atoms with E-state index in [9.17, 15) is 9.59 Å². The van der Waals surface area contributed by atoms with Gasteiger partial charge >= 0.3 is 5.97 Å². The van der Waals surface area contributed by atoms with Gasteiger partial charge in [0.2, 0.25) is 5.91 Å². The van der Waals surface area contributed by atoms with Gasteiger partial charge in [-0.1, -0.05) is 20.3 Å². The number of methoxy groups -OCH3 is 1. The normalized spacial score (nSPS) is 21.6. The van der Waals surface area contributed by atoms with Crippen LogP contribution in [0.4, 0.5) is 0 Å². The second-order valence-electron chi connectivity index (χ2n) is 5.98. The molecule has 1 heterocycles. The van der Waals surface area contributed by atoms with Crippen molar-refractivity contribution in [2.24, 2.45) is 5.92 Å². The van der Waals surface area contributed by atoms with Gasteiger partial charge in [0.05, 0.1) is 19.6 Å². The van der Waals surface area contributed by atoms with E-state index in [4.69, 9.17) is 4.74 Å². The van der Waals surface area contributed by atoms with E-state index in [0.29, 0.717) is 18.9 Å². The average molecular weight is 284 g/mol. The standard InChI is InChI=1S/C15H28N2O3/c1-11(2)10-16-15(19)12(3)17-8-6-5-7-13(17)9-14(18)20-4/h11-13H,5-10H2,1-4H3,(H,16,19). The van der Waals surface area contributed by atoms with Gasteiger partial charge in [0, 0.05) is 12.6 Å². The lowest BCUT2D eigenvalue weighted by Gasteiger charge is -2.38. The number of ether oxygens (including phenoxy) is 1. The highest BCUT2D eigenvalue weighted by Gasteiger charge is 2.31. The number of amides is 1. The topological polar surface area (TPSA) is 58.6 Å². The van der Waals surface area contributed by atoms with Crippen LogP contribution in [0.25, 0.3) is 0 Å². The van der Waals surface area contributed by atoms with Gasteiger partial charge in [-0.05, 0) is 32.2 Å². The molecule has 20 heavy (non-hydrogen) atoms. The summed E-state index contributed by atoms with van der Waals surface area (Å²) in [5.41, 5.74) is 0. The first-order chi connectivity index (χ1) is 9.45. The van der Waals surface area contributed by atoms with E-state index in [-0.39, 0.29) is 24.0 Å². The van der Waals surface area contributed by atoms with Crippen LogP contribution in [0.3, 0.4) is 0 Å². The van der Waals surface area contributed by atoms with Crippen LogP contribution in [-0.2, 0) is 14.3 Å². The van der Waals surface area contributed by atoms with Crippen molar-refractivity contribution in [1.29, 1.82) is 0 Å². The van der Waals surface area contributed by atoms with Gasteiger partial charge in [0.25, 0.3) is 0 Å². The van der Waals surface area contributed by atoms with Crippen molar-refractivity contribution in [2.45, 2.75) is 58.5 Å². The largest absolute Gasteiger partial charge is 0.469 e. The van der Waals surface area contributed by atoms with E-state index < -0.39 is 0 Å². The third-order valence-corrected chi connectivity index (χ3v) is 3.86. The predicted molar refractivity (Wildman–Crippen MR) is 78.3 cm³/mol. The molecule has 1 rings (SSSR count). The zero-order chi connectivity index (χ0) is 15.1. The lowest BCUT2D eigenvalue weighted by molar-refractivity contribution is -0.143. The maximum absolute atomic E-state index is 12.2. The molecule has 0 saturated carbocycles. The van der Waals surface area contributed by atoms with E-state index in [0.717, 1.165) is 25.8 Å². The molecule has 5 nitrogen and oxygen atoms in total. The Labute approximate surface area is 122 Å². The molecule has 0 radical (unpaired) electrons. The SMILES string of the molecule is COC(=O)CC1CCCCN1C(C)C(=O)NCC(C)C. The van der Waals surface area contributed by atoms with Gasteiger partial charge < -0.3 is 10.1 Å². The van der Waals surface area contributed by atoms with E-state index in [1.807, 2.05) is 6.92 Å². The maximum Gasteiger partial charge on any atom is 0.307 e. The fraction of sp³-hybridized carbons (Fsp3) is 0.867. The Bertz CT molecular complexity index is 331. The highest BCUT2D eigenvalue weighted by molar-refractivity contribution is 5.81. The van der Waals surface area contributed by atoms with Crippen LogP contribution in [0.5, 0.6) is 0 Å². The summed E-state index contributed by atoms with van der Waals surface area (Å²) >= 11 is 0. The average Bonchev–Trinajstić information content (AvgIpc) is 2.44. The van der Waals surface area contributed by atoms with Gasteiger partial charge in [-0.2, -0.15) is 0 Å². The number of esters is 1. The molecule has 5 heteroatoms. The van der Waals surface area contributed by atoms with Crippen LogP contribution in [0.1, 0.15) is 46.5 Å². The van der Waals surface area contributed by atoms with E-state index in [1.165, 1.54) is 7.11 Å². The number of rotatable bonds is 6. The Morgan fingerprint density at radius 3 is 2.60 bits per heavy atom. The molecule has 0 aromatic carbocycles. The molecule has 0 aromatic rings. The molecule has 1 N–H and O–H groups in total. The highest BCUT2D eigenvalue weighted by atomic mass is 16.5. The van der Waals surface area contributed by atoms with Crippen LogP contribution in [0.15, 0.2) is 0 Å². The van der Waals surface area contributed by atoms with Crippen molar-refractivity contribution in [3.63, 3.8) is 0 Å². The molecule has 1 saturated heterocycles. The van der Waals surface area contributed by atoms with E-state index >= 15 is 0 Å². The number of hydrogen-bond donors (Lipinski definition) is 1. The van der Waals surface area contributed by atoms with Crippen molar-refractivity contribution in [1.82, 2.24) is 10.2 Å². The van der Waals surface area contributed by atoms with Crippen LogP contribution in [-0.4, -0.2) is 49.1 Å². The van der Waals surface area contributed by atoms with E-state index in [2.05, 4.69) is 24.1 Å². The fourth-order valence-corrected chi connectivity index (χ4v) is 2.63. The van der Waals surface area contributed by atoms with Crippen molar-refractivity contribution < 1.29 is 14.3 Å².